The van der Waals surface area contributed by atoms with E-state index in [-0.39, 0.29) is 0 Å². The van der Waals surface area contributed by atoms with Gasteiger partial charge in [0.1, 0.15) is 0 Å². The maximum Gasteiger partial charge on any atom is 0.0463 e. The largest absolute Gasteiger partial charge is 0.271 e. The molecule has 1 rings (SSSR count). The Balaban J connectivity index is 2.67. The molecule has 0 spiro atoms. The van der Waals surface area contributed by atoms with Gasteiger partial charge >= 0.3 is 0 Å². The van der Waals surface area contributed by atoms with E-state index in [0.29, 0.717) is 12.0 Å². The summed E-state index contributed by atoms with van der Waals surface area (Å²) >= 11 is 4.77. The summed E-state index contributed by atoms with van der Waals surface area (Å²) in [6.45, 7) is 0. The number of allylic oxidation sites excluding steroid dienone is 2. The SMILES string of the molecule is NNC1C=CC(CI)=CC1CI. The van der Waals surface area contributed by atoms with Gasteiger partial charge in [0.05, 0.1) is 0 Å². The normalized spacial score (nSPS) is 28.8. The lowest BCUT2D eigenvalue weighted by molar-refractivity contribution is 0.518. The molecule has 2 atom stereocenters. The summed E-state index contributed by atoms with van der Waals surface area (Å²) in [7, 11) is 0. The molecule has 0 aromatic rings. The smallest absolute Gasteiger partial charge is 0.0463 e. The van der Waals surface area contributed by atoms with E-state index in [1.165, 1.54) is 5.57 Å². The van der Waals surface area contributed by atoms with Gasteiger partial charge in [0.2, 0.25) is 0 Å². The molecule has 68 valence electrons. The zero-order chi connectivity index (χ0) is 8.97. The van der Waals surface area contributed by atoms with Gasteiger partial charge in [0.15, 0.2) is 0 Å². The van der Waals surface area contributed by atoms with Crippen LogP contribution in [0.4, 0.5) is 0 Å². The van der Waals surface area contributed by atoms with Gasteiger partial charge in [-0.25, -0.2) is 0 Å². The maximum absolute atomic E-state index is 5.42. The average molecular weight is 390 g/mol. The lowest BCUT2D eigenvalue weighted by Gasteiger charge is -2.23. The molecule has 3 N–H and O–H groups in total. The highest BCUT2D eigenvalue weighted by Gasteiger charge is 2.17. The van der Waals surface area contributed by atoms with E-state index < -0.39 is 0 Å². The molecular weight excluding hydrogens is 378 g/mol. The Bertz CT molecular complexity index is 201. The number of hydrogen-bond donors (Lipinski definition) is 2. The molecule has 0 radical (unpaired) electrons. The van der Waals surface area contributed by atoms with Gasteiger partial charge in [-0.2, -0.15) is 0 Å². The Morgan fingerprint density at radius 1 is 1.50 bits per heavy atom. The van der Waals surface area contributed by atoms with Crippen molar-refractivity contribution in [3.8, 4) is 0 Å². The van der Waals surface area contributed by atoms with Gasteiger partial charge in [-0.05, 0) is 5.57 Å². The van der Waals surface area contributed by atoms with Crippen LogP contribution in [0.3, 0.4) is 0 Å². The monoisotopic (exact) mass is 390 g/mol. The van der Waals surface area contributed by atoms with Crippen molar-refractivity contribution in [2.75, 3.05) is 8.86 Å². The molecule has 2 nitrogen and oxygen atoms in total. The Morgan fingerprint density at radius 3 is 2.75 bits per heavy atom. The van der Waals surface area contributed by atoms with Crippen LogP contribution in [-0.2, 0) is 0 Å². The third-order valence-corrected chi connectivity index (χ3v) is 3.83. The molecule has 1 aliphatic rings. The summed E-state index contributed by atoms with van der Waals surface area (Å²) in [5.41, 5.74) is 4.22. The first-order chi connectivity index (χ1) is 5.81. The maximum atomic E-state index is 5.42. The molecule has 0 fully saturated rings. The summed E-state index contributed by atoms with van der Waals surface area (Å²) in [5.74, 6) is 5.97. The van der Waals surface area contributed by atoms with Crippen LogP contribution < -0.4 is 11.3 Å². The van der Waals surface area contributed by atoms with Gasteiger partial charge in [-0.1, -0.05) is 63.4 Å². The summed E-state index contributed by atoms with van der Waals surface area (Å²) < 4.78 is 2.19. The fourth-order valence-corrected chi connectivity index (χ4v) is 2.52. The van der Waals surface area contributed by atoms with Crippen molar-refractivity contribution in [1.82, 2.24) is 5.43 Å². The standard InChI is InChI=1S/C8H12I2N2/c9-4-6-1-2-8(12-11)7(3-6)5-10/h1-3,7-8,12H,4-5,11H2. The second-order valence-corrected chi connectivity index (χ2v) is 4.39. The van der Waals surface area contributed by atoms with E-state index in [2.05, 4.69) is 68.8 Å². The van der Waals surface area contributed by atoms with Crippen molar-refractivity contribution < 1.29 is 0 Å². The second kappa shape index (κ2) is 5.56. The third kappa shape index (κ3) is 2.68. The molecule has 0 saturated heterocycles. The number of halogens is 2. The third-order valence-electron chi connectivity index (χ3n) is 1.93. The van der Waals surface area contributed by atoms with Crippen molar-refractivity contribution in [2.45, 2.75) is 6.04 Å². The molecule has 0 saturated carbocycles. The first kappa shape index (κ1) is 10.9. The van der Waals surface area contributed by atoms with Gasteiger partial charge < -0.3 is 0 Å². The Morgan fingerprint density at radius 2 is 2.25 bits per heavy atom. The molecule has 12 heavy (non-hydrogen) atoms. The topological polar surface area (TPSA) is 38.0 Å². The summed E-state index contributed by atoms with van der Waals surface area (Å²) in [5, 5.41) is 0. The van der Waals surface area contributed by atoms with Crippen molar-refractivity contribution in [3.63, 3.8) is 0 Å². The number of alkyl halides is 2. The number of hydrazine groups is 1. The molecule has 0 aromatic heterocycles. The fourth-order valence-electron chi connectivity index (χ4n) is 1.21. The van der Waals surface area contributed by atoms with Crippen LogP contribution in [-0.4, -0.2) is 14.9 Å². The molecule has 0 amide bonds. The van der Waals surface area contributed by atoms with Gasteiger partial charge in [-0.3, -0.25) is 11.3 Å². The Hall–Kier alpha value is 0.860. The molecule has 0 heterocycles. The fraction of sp³-hybridized carbons (Fsp3) is 0.500. The summed E-state index contributed by atoms with van der Waals surface area (Å²) in [6, 6.07) is 0.314. The van der Waals surface area contributed by atoms with E-state index in [1.54, 1.807) is 0 Å². The second-order valence-electron chi connectivity index (χ2n) is 2.74. The number of rotatable bonds is 3. The molecule has 4 heteroatoms. The summed E-state index contributed by atoms with van der Waals surface area (Å²) in [6.07, 6.45) is 6.61. The lowest BCUT2D eigenvalue weighted by Crippen LogP contribution is -2.40. The van der Waals surface area contributed by atoms with Crippen molar-refractivity contribution in [3.05, 3.63) is 23.8 Å². The van der Waals surface area contributed by atoms with E-state index in [0.717, 1.165) is 8.86 Å². The van der Waals surface area contributed by atoms with Crippen LogP contribution in [0.2, 0.25) is 0 Å². The van der Waals surface area contributed by atoms with E-state index >= 15 is 0 Å². The average Bonchev–Trinajstić information content (AvgIpc) is 2.16. The molecule has 1 aliphatic carbocycles. The highest BCUT2D eigenvalue weighted by atomic mass is 127. The lowest BCUT2D eigenvalue weighted by atomic mass is 9.94. The molecule has 2 unspecified atom stereocenters. The van der Waals surface area contributed by atoms with Crippen molar-refractivity contribution >= 4 is 45.2 Å². The number of hydrogen-bond acceptors (Lipinski definition) is 2. The van der Waals surface area contributed by atoms with E-state index in [9.17, 15) is 0 Å². The van der Waals surface area contributed by atoms with Crippen LogP contribution in [0.1, 0.15) is 0 Å². The zero-order valence-electron chi connectivity index (χ0n) is 6.63. The minimum absolute atomic E-state index is 0.314. The van der Waals surface area contributed by atoms with E-state index in [1.807, 2.05) is 0 Å². The predicted octanol–water partition coefficient (Wildman–Crippen LogP) is 1.80. The van der Waals surface area contributed by atoms with Crippen LogP contribution in [0.15, 0.2) is 23.8 Å². The predicted molar refractivity (Wildman–Crippen MR) is 69.6 cm³/mol. The number of nitrogens with one attached hydrogen (secondary N) is 1. The van der Waals surface area contributed by atoms with Crippen LogP contribution in [0.25, 0.3) is 0 Å². The van der Waals surface area contributed by atoms with Crippen molar-refractivity contribution in [2.24, 2.45) is 11.8 Å². The Labute approximate surface area is 100 Å². The highest BCUT2D eigenvalue weighted by molar-refractivity contribution is 14.1. The van der Waals surface area contributed by atoms with E-state index in [4.69, 9.17) is 5.84 Å². The molecule has 0 aliphatic heterocycles. The zero-order valence-corrected chi connectivity index (χ0v) is 10.9. The van der Waals surface area contributed by atoms with Crippen molar-refractivity contribution in [1.29, 1.82) is 0 Å². The molecular formula is C8H12I2N2. The van der Waals surface area contributed by atoms with Crippen LogP contribution in [0.5, 0.6) is 0 Å². The first-order valence-electron chi connectivity index (χ1n) is 3.78. The minimum Gasteiger partial charge on any atom is -0.271 e. The van der Waals surface area contributed by atoms with Gasteiger partial charge in [-0.15, -0.1) is 0 Å². The first-order valence-corrected chi connectivity index (χ1v) is 6.84. The highest BCUT2D eigenvalue weighted by Crippen LogP contribution is 2.20. The molecule has 0 aromatic carbocycles. The minimum atomic E-state index is 0.314. The van der Waals surface area contributed by atoms with Crippen LogP contribution in [0, 0.1) is 5.92 Å². The Kier molecular flexibility index (Phi) is 5.07. The van der Waals surface area contributed by atoms with Crippen LogP contribution >= 0.6 is 45.2 Å². The molecule has 0 bridgehead atoms. The van der Waals surface area contributed by atoms with Gasteiger partial charge in [0.25, 0.3) is 0 Å². The van der Waals surface area contributed by atoms with Gasteiger partial charge in [0, 0.05) is 20.8 Å². The quantitative estimate of drug-likeness (QED) is 0.334. The number of nitrogens with two attached hydrogens (primary N) is 1. The summed E-state index contributed by atoms with van der Waals surface area (Å²) in [4.78, 5) is 0.